The van der Waals surface area contributed by atoms with Crippen LogP contribution >= 0.6 is 0 Å². The summed E-state index contributed by atoms with van der Waals surface area (Å²) in [5.41, 5.74) is 0.726. The normalized spacial score (nSPS) is 13.1. The Morgan fingerprint density at radius 3 is 1.73 bits per heavy atom. The average Bonchev–Trinajstić information content (AvgIpc) is 3.31. The SMILES string of the molecule is Cn1c(=O)n(-c2ccc(CC(C)(NC(c3ccccc3)(c3ccccc3)c3ccccc3)C(=O)O)cc2)c2c(F)cc(F)cc21. The summed E-state index contributed by atoms with van der Waals surface area (Å²) in [5, 5.41) is 14.4. The predicted molar refractivity (Wildman–Crippen MR) is 171 cm³/mol. The number of aromatic nitrogens is 2. The first-order valence-corrected chi connectivity index (χ1v) is 14.5. The second-order valence-corrected chi connectivity index (χ2v) is 11.4. The maximum absolute atomic E-state index is 14.9. The van der Waals surface area contributed by atoms with Crippen LogP contribution in [-0.4, -0.2) is 25.7 Å². The number of hydrogen-bond donors (Lipinski definition) is 2. The van der Waals surface area contributed by atoms with E-state index in [1.165, 1.54) is 16.2 Å². The van der Waals surface area contributed by atoms with E-state index < -0.39 is 34.4 Å². The Kier molecular flexibility index (Phi) is 7.68. The topological polar surface area (TPSA) is 76.3 Å². The highest BCUT2D eigenvalue weighted by Crippen LogP contribution is 2.39. The Hall–Kier alpha value is -5.34. The van der Waals surface area contributed by atoms with Crippen LogP contribution in [0.1, 0.15) is 29.2 Å². The summed E-state index contributed by atoms with van der Waals surface area (Å²) >= 11 is 0. The highest BCUT2D eigenvalue weighted by molar-refractivity contribution is 5.80. The summed E-state index contributed by atoms with van der Waals surface area (Å²) in [4.78, 5) is 26.2. The molecule has 1 heterocycles. The van der Waals surface area contributed by atoms with Gasteiger partial charge in [0.15, 0.2) is 5.82 Å². The Morgan fingerprint density at radius 1 is 0.778 bits per heavy atom. The van der Waals surface area contributed by atoms with Gasteiger partial charge in [0.05, 0.1) is 16.7 Å². The molecule has 6 nitrogen and oxygen atoms in total. The molecule has 226 valence electrons. The minimum Gasteiger partial charge on any atom is -0.480 e. The van der Waals surface area contributed by atoms with E-state index in [-0.39, 0.29) is 17.5 Å². The van der Waals surface area contributed by atoms with Crippen molar-refractivity contribution in [3.05, 3.63) is 172 Å². The van der Waals surface area contributed by atoms with E-state index in [4.69, 9.17) is 0 Å². The Morgan fingerprint density at radius 2 is 1.27 bits per heavy atom. The van der Waals surface area contributed by atoms with Gasteiger partial charge in [-0.1, -0.05) is 103 Å². The van der Waals surface area contributed by atoms with E-state index >= 15 is 0 Å². The fourth-order valence-corrected chi connectivity index (χ4v) is 6.16. The number of imidazole rings is 1. The van der Waals surface area contributed by atoms with Gasteiger partial charge in [0.1, 0.15) is 16.9 Å². The molecule has 5 aromatic carbocycles. The van der Waals surface area contributed by atoms with Crippen LogP contribution in [0.3, 0.4) is 0 Å². The largest absolute Gasteiger partial charge is 0.480 e. The third-order valence-electron chi connectivity index (χ3n) is 8.38. The van der Waals surface area contributed by atoms with Crippen LogP contribution in [0.15, 0.2) is 132 Å². The van der Waals surface area contributed by atoms with Gasteiger partial charge in [-0.15, -0.1) is 0 Å². The van der Waals surface area contributed by atoms with Gasteiger partial charge in [0.2, 0.25) is 0 Å². The third kappa shape index (κ3) is 5.23. The molecular weight excluding hydrogens is 572 g/mol. The van der Waals surface area contributed by atoms with Crippen molar-refractivity contribution in [2.75, 3.05) is 0 Å². The molecule has 6 aromatic rings. The third-order valence-corrected chi connectivity index (χ3v) is 8.38. The number of carboxylic acid groups (broad SMARTS) is 1. The fraction of sp³-hybridized carbons (Fsp3) is 0.135. The molecule has 0 radical (unpaired) electrons. The van der Waals surface area contributed by atoms with Crippen LogP contribution in [0, 0.1) is 11.6 Å². The molecule has 45 heavy (non-hydrogen) atoms. The zero-order valence-electron chi connectivity index (χ0n) is 24.7. The number of aliphatic carboxylic acids is 1. The monoisotopic (exact) mass is 603 g/mol. The highest BCUT2D eigenvalue weighted by atomic mass is 19.1. The lowest BCUT2D eigenvalue weighted by Gasteiger charge is -2.43. The smallest absolute Gasteiger partial charge is 0.333 e. The van der Waals surface area contributed by atoms with Crippen molar-refractivity contribution in [1.29, 1.82) is 0 Å². The van der Waals surface area contributed by atoms with Crippen LogP contribution in [0.2, 0.25) is 0 Å². The Bertz CT molecular complexity index is 1940. The number of hydrogen-bond acceptors (Lipinski definition) is 3. The summed E-state index contributed by atoms with van der Waals surface area (Å²) in [6.45, 7) is 1.66. The summed E-state index contributed by atoms with van der Waals surface area (Å²) in [5.74, 6) is -2.68. The van der Waals surface area contributed by atoms with Gasteiger partial charge in [-0.2, -0.15) is 0 Å². The lowest BCUT2D eigenvalue weighted by molar-refractivity contribution is -0.144. The molecule has 1 aromatic heterocycles. The Labute approximate surface area is 258 Å². The number of halogens is 2. The van der Waals surface area contributed by atoms with Gasteiger partial charge < -0.3 is 5.11 Å². The van der Waals surface area contributed by atoms with Crippen LogP contribution in [-0.2, 0) is 23.8 Å². The van der Waals surface area contributed by atoms with Crippen molar-refractivity contribution in [2.24, 2.45) is 7.05 Å². The molecule has 0 amide bonds. The molecule has 1 atom stereocenters. The number of aryl methyl sites for hydroxylation is 1. The molecule has 0 aliphatic heterocycles. The summed E-state index contributed by atoms with van der Waals surface area (Å²) in [6, 6.07) is 37.8. The zero-order valence-corrected chi connectivity index (χ0v) is 24.7. The van der Waals surface area contributed by atoms with Gasteiger partial charge in [-0.25, -0.2) is 13.6 Å². The van der Waals surface area contributed by atoms with Crippen LogP contribution in [0.5, 0.6) is 0 Å². The number of benzene rings is 5. The lowest BCUT2D eigenvalue weighted by Crippen LogP contribution is -2.61. The lowest BCUT2D eigenvalue weighted by atomic mass is 9.74. The number of carbonyl (C=O) groups is 1. The number of nitrogens with zero attached hydrogens (tertiary/aromatic N) is 2. The Balaban J connectivity index is 1.44. The minimum absolute atomic E-state index is 0.0351. The maximum Gasteiger partial charge on any atom is 0.333 e. The van der Waals surface area contributed by atoms with Crippen molar-refractivity contribution in [1.82, 2.24) is 14.5 Å². The molecule has 0 aliphatic rings. The minimum atomic E-state index is -1.48. The molecule has 8 heteroatoms. The highest BCUT2D eigenvalue weighted by Gasteiger charge is 2.45. The van der Waals surface area contributed by atoms with Gasteiger partial charge >= 0.3 is 11.7 Å². The number of carboxylic acids is 1. The van der Waals surface area contributed by atoms with Gasteiger partial charge in [-0.05, 0) is 41.3 Å². The van der Waals surface area contributed by atoms with E-state index in [9.17, 15) is 23.5 Å². The van der Waals surface area contributed by atoms with Crippen LogP contribution < -0.4 is 11.0 Å². The first-order chi connectivity index (χ1) is 21.6. The van der Waals surface area contributed by atoms with Crippen molar-refractivity contribution >= 4 is 17.0 Å². The molecular formula is C37H31F2N3O3. The van der Waals surface area contributed by atoms with Crippen molar-refractivity contribution in [3.63, 3.8) is 0 Å². The summed E-state index contributed by atoms with van der Waals surface area (Å²) < 4.78 is 31.2. The number of nitrogens with one attached hydrogen (secondary N) is 1. The van der Waals surface area contributed by atoms with Gasteiger partial charge in [0, 0.05) is 25.6 Å². The molecule has 0 aliphatic carbocycles. The molecule has 1 unspecified atom stereocenters. The molecule has 0 saturated carbocycles. The molecule has 0 bridgehead atoms. The van der Waals surface area contributed by atoms with Crippen molar-refractivity contribution in [2.45, 2.75) is 24.4 Å². The quantitative estimate of drug-likeness (QED) is 0.183. The van der Waals surface area contributed by atoms with Crippen LogP contribution in [0.4, 0.5) is 8.78 Å². The first-order valence-electron chi connectivity index (χ1n) is 14.5. The van der Waals surface area contributed by atoms with Crippen molar-refractivity contribution in [3.8, 4) is 5.69 Å². The van der Waals surface area contributed by atoms with Gasteiger partial charge in [0.25, 0.3) is 0 Å². The average molecular weight is 604 g/mol. The van der Waals surface area contributed by atoms with E-state index in [1.54, 1.807) is 31.2 Å². The number of rotatable bonds is 9. The number of fused-ring (bicyclic) bond motifs is 1. The molecule has 0 saturated heterocycles. The van der Waals surface area contributed by atoms with Gasteiger partial charge in [-0.3, -0.25) is 19.2 Å². The van der Waals surface area contributed by atoms with E-state index in [1.807, 2.05) is 91.0 Å². The second-order valence-electron chi connectivity index (χ2n) is 11.4. The fourth-order valence-electron chi connectivity index (χ4n) is 6.16. The zero-order chi connectivity index (χ0) is 31.8. The molecule has 0 fully saturated rings. The van der Waals surface area contributed by atoms with Crippen LogP contribution in [0.25, 0.3) is 16.7 Å². The standard InChI is InChI=1S/C37H31F2N3O3/c1-36(34(43)44,24-25-18-20-30(21-19-25)42-33-31(39)22-29(38)23-32(33)41(2)35(42)45)40-37(26-12-6-3-7-13-26,27-14-8-4-9-15-27)28-16-10-5-11-17-28/h3-23,40H,24H2,1-2H3,(H,43,44). The predicted octanol–water partition coefficient (Wildman–Crippen LogP) is 6.57. The van der Waals surface area contributed by atoms with E-state index in [0.717, 1.165) is 28.8 Å². The van der Waals surface area contributed by atoms with Crippen molar-refractivity contribution < 1.29 is 18.7 Å². The molecule has 6 rings (SSSR count). The molecule has 2 N–H and O–H groups in total. The second kappa shape index (κ2) is 11.6. The first kappa shape index (κ1) is 29.7. The van der Waals surface area contributed by atoms with E-state index in [2.05, 4.69) is 5.32 Å². The summed E-state index contributed by atoms with van der Waals surface area (Å²) in [7, 11) is 1.46. The summed E-state index contributed by atoms with van der Waals surface area (Å²) in [6.07, 6.45) is 0.0842. The maximum atomic E-state index is 14.9. The van der Waals surface area contributed by atoms with E-state index in [0.29, 0.717) is 11.3 Å². The molecule has 0 spiro atoms.